The molecule has 0 aliphatic carbocycles. The normalized spacial score (nSPS) is 16.5. The number of benzene rings is 1. The van der Waals surface area contributed by atoms with E-state index in [1.54, 1.807) is 26.0 Å². The van der Waals surface area contributed by atoms with Gasteiger partial charge in [-0.2, -0.15) is 0 Å². The predicted molar refractivity (Wildman–Crippen MR) is 109 cm³/mol. The fourth-order valence-electron chi connectivity index (χ4n) is 3.32. The van der Waals surface area contributed by atoms with Crippen LogP contribution in [0.5, 0.6) is 0 Å². The van der Waals surface area contributed by atoms with Gasteiger partial charge in [-0.25, -0.2) is 22.0 Å². The van der Waals surface area contributed by atoms with Crippen LogP contribution in [0.15, 0.2) is 29.2 Å². The van der Waals surface area contributed by atoms with Crippen molar-refractivity contribution in [2.24, 2.45) is 11.1 Å². The highest BCUT2D eigenvalue weighted by Crippen LogP contribution is 2.21. The average molecular weight is 431 g/mol. The summed E-state index contributed by atoms with van der Waals surface area (Å²) in [5, 5.41) is 4.72. The van der Waals surface area contributed by atoms with Gasteiger partial charge in [-0.15, -0.1) is 0 Å². The standard InChI is InChI=1S/C19H30N2O5S2/c1-15(2)27(23,24)14-17-10-12-21(13-11-17)19(22)5-3-4-16-6-8-18(9-7-16)28(20,25)26/h6-9,15,17H,3-5,10-14H2,1-2H3,(H2,20,25,26). The Morgan fingerprint density at radius 3 is 2.18 bits per heavy atom. The Bertz CT molecular complexity index is 869. The Labute approximate surface area is 168 Å². The second-order valence-corrected chi connectivity index (χ2v) is 11.9. The Morgan fingerprint density at radius 2 is 1.68 bits per heavy atom. The lowest BCUT2D eigenvalue weighted by molar-refractivity contribution is -0.132. The van der Waals surface area contributed by atoms with Crippen LogP contribution in [-0.4, -0.2) is 51.7 Å². The van der Waals surface area contributed by atoms with E-state index in [1.807, 2.05) is 4.90 Å². The topological polar surface area (TPSA) is 115 Å². The van der Waals surface area contributed by atoms with Gasteiger partial charge in [0.1, 0.15) is 0 Å². The fourth-order valence-corrected chi connectivity index (χ4v) is 5.21. The van der Waals surface area contributed by atoms with Gasteiger partial charge in [0.25, 0.3) is 0 Å². The number of hydrogen-bond acceptors (Lipinski definition) is 5. The molecule has 28 heavy (non-hydrogen) atoms. The van der Waals surface area contributed by atoms with Gasteiger partial charge in [-0.05, 0) is 63.1 Å². The Kier molecular flexibility index (Phi) is 7.64. The highest BCUT2D eigenvalue weighted by Gasteiger charge is 2.27. The minimum absolute atomic E-state index is 0.0784. The van der Waals surface area contributed by atoms with Crippen LogP contribution < -0.4 is 5.14 Å². The zero-order valence-corrected chi connectivity index (χ0v) is 18.1. The minimum Gasteiger partial charge on any atom is -0.343 e. The number of nitrogens with zero attached hydrogens (tertiary/aromatic N) is 1. The van der Waals surface area contributed by atoms with Gasteiger partial charge in [-0.3, -0.25) is 4.79 Å². The van der Waals surface area contributed by atoms with E-state index in [2.05, 4.69) is 0 Å². The van der Waals surface area contributed by atoms with E-state index in [0.717, 1.165) is 18.4 Å². The summed E-state index contributed by atoms with van der Waals surface area (Å²) in [6.07, 6.45) is 3.24. The molecule has 2 N–H and O–H groups in total. The zero-order chi connectivity index (χ0) is 20.9. The van der Waals surface area contributed by atoms with Gasteiger partial charge in [-0.1, -0.05) is 12.1 Å². The summed E-state index contributed by atoms with van der Waals surface area (Å²) in [6.45, 7) is 4.63. The molecule has 1 saturated heterocycles. The van der Waals surface area contributed by atoms with Crippen molar-refractivity contribution < 1.29 is 21.6 Å². The van der Waals surface area contributed by atoms with Gasteiger partial charge in [0.2, 0.25) is 15.9 Å². The van der Waals surface area contributed by atoms with E-state index in [1.165, 1.54) is 12.1 Å². The van der Waals surface area contributed by atoms with Crippen molar-refractivity contribution in [3.8, 4) is 0 Å². The lowest BCUT2D eigenvalue weighted by Gasteiger charge is -2.32. The quantitative estimate of drug-likeness (QED) is 0.674. The van der Waals surface area contributed by atoms with Crippen LogP contribution in [0.25, 0.3) is 0 Å². The van der Waals surface area contributed by atoms with Crippen LogP contribution in [0.2, 0.25) is 0 Å². The van der Waals surface area contributed by atoms with Gasteiger partial charge < -0.3 is 4.90 Å². The first-order chi connectivity index (χ1) is 13.0. The smallest absolute Gasteiger partial charge is 0.238 e. The third-order valence-electron chi connectivity index (χ3n) is 5.26. The highest BCUT2D eigenvalue weighted by atomic mass is 32.2. The first kappa shape index (κ1) is 22.8. The number of carbonyl (C=O) groups excluding carboxylic acids is 1. The van der Waals surface area contributed by atoms with E-state index in [4.69, 9.17) is 5.14 Å². The molecular weight excluding hydrogens is 400 g/mol. The second-order valence-electron chi connectivity index (χ2n) is 7.74. The predicted octanol–water partition coefficient (Wildman–Crippen LogP) is 1.72. The van der Waals surface area contributed by atoms with E-state index < -0.39 is 19.9 Å². The molecule has 1 heterocycles. The highest BCUT2D eigenvalue weighted by molar-refractivity contribution is 7.92. The summed E-state index contributed by atoms with van der Waals surface area (Å²) in [6, 6.07) is 6.38. The van der Waals surface area contributed by atoms with Crippen molar-refractivity contribution in [1.82, 2.24) is 4.90 Å². The van der Waals surface area contributed by atoms with Crippen molar-refractivity contribution in [3.05, 3.63) is 29.8 Å². The molecule has 158 valence electrons. The third kappa shape index (κ3) is 6.56. The summed E-state index contributed by atoms with van der Waals surface area (Å²) < 4.78 is 46.6. The molecule has 0 radical (unpaired) electrons. The molecular formula is C19H30N2O5S2. The molecule has 0 spiro atoms. The maximum Gasteiger partial charge on any atom is 0.238 e. The van der Waals surface area contributed by atoms with Crippen LogP contribution >= 0.6 is 0 Å². The van der Waals surface area contributed by atoms with Crippen molar-refractivity contribution in [2.75, 3.05) is 18.8 Å². The number of hydrogen-bond donors (Lipinski definition) is 1. The third-order valence-corrected chi connectivity index (χ3v) is 8.56. The number of rotatable bonds is 8. The van der Waals surface area contributed by atoms with Crippen molar-refractivity contribution >= 4 is 25.8 Å². The van der Waals surface area contributed by atoms with Crippen molar-refractivity contribution in [2.45, 2.75) is 56.1 Å². The first-order valence-electron chi connectivity index (χ1n) is 9.60. The molecule has 1 fully saturated rings. The SMILES string of the molecule is CC(C)S(=O)(=O)CC1CCN(C(=O)CCCc2ccc(S(N)(=O)=O)cc2)CC1. The largest absolute Gasteiger partial charge is 0.343 e. The lowest BCUT2D eigenvalue weighted by atomic mass is 9.98. The zero-order valence-electron chi connectivity index (χ0n) is 16.5. The summed E-state index contributed by atoms with van der Waals surface area (Å²) in [7, 11) is -6.73. The number of aryl methyl sites for hydroxylation is 1. The lowest BCUT2D eigenvalue weighted by Crippen LogP contribution is -2.40. The van der Waals surface area contributed by atoms with Gasteiger partial charge >= 0.3 is 0 Å². The van der Waals surface area contributed by atoms with Crippen LogP contribution in [0, 0.1) is 5.92 Å². The molecule has 0 aromatic heterocycles. The monoisotopic (exact) mass is 430 g/mol. The number of primary sulfonamides is 1. The van der Waals surface area contributed by atoms with E-state index in [0.29, 0.717) is 32.4 Å². The first-order valence-corrected chi connectivity index (χ1v) is 12.9. The molecule has 0 saturated carbocycles. The van der Waals surface area contributed by atoms with Crippen molar-refractivity contribution in [3.63, 3.8) is 0 Å². The minimum atomic E-state index is -3.69. The van der Waals surface area contributed by atoms with E-state index in [9.17, 15) is 21.6 Å². The van der Waals surface area contributed by atoms with E-state index in [-0.39, 0.29) is 27.7 Å². The number of likely N-dealkylation sites (tertiary alicyclic amines) is 1. The molecule has 1 aliphatic heterocycles. The van der Waals surface area contributed by atoms with Gasteiger partial charge in [0.05, 0.1) is 15.9 Å². The molecule has 9 heteroatoms. The molecule has 7 nitrogen and oxygen atoms in total. The second kappa shape index (κ2) is 9.37. The average Bonchev–Trinajstić information content (AvgIpc) is 2.61. The Hall–Kier alpha value is -1.45. The molecule has 1 amide bonds. The number of carbonyl (C=O) groups is 1. The summed E-state index contributed by atoms with van der Waals surface area (Å²) in [5.74, 6) is 0.432. The summed E-state index contributed by atoms with van der Waals surface area (Å²) >= 11 is 0. The number of amides is 1. The molecule has 1 aromatic rings. The number of nitrogens with two attached hydrogens (primary N) is 1. The van der Waals surface area contributed by atoms with E-state index >= 15 is 0 Å². The molecule has 2 rings (SSSR count). The summed E-state index contributed by atoms with van der Waals surface area (Å²) in [4.78, 5) is 14.3. The number of sulfonamides is 1. The van der Waals surface area contributed by atoms with Crippen LogP contribution in [0.1, 0.15) is 45.1 Å². The molecule has 1 aromatic carbocycles. The molecule has 0 unspecified atom stereocenters. The van der Waals surface area contributed by atoms with Crippen LogP contribution in [0.4, 0.5) is 0 Å². The Balaban J connectivity index is 1.74. The maximum absolute atomic E-state index is 12.4. The van der Waals surface area contributed by atoms with Gasteiger partial charge in [0, 0.05) is 19.5 Å². The maximum atomic E-state index is 12.4. The number of sulfone groups is 1. The summed E-state index contributed by atoms with van der Waals surface area (Å²) in [5.41, 5.74) is 0.956. The Morgan fingerprint density at radius 1 is 1.11 bits per heavy atom. The van der Waals surface area contributed by atoms with Crippen LogP contribution in [-0.2, 0) is 31.1 Å². The van der Waals surface area contributed by atoms with Crippen molar-refractivity contribution in [1.29, 1.82) is 0 Å². The molecule has 0 atom stereocenters. The van der Waals surface area contributed by atoms with Crippen LogP contribution in [0.3, 0.4) is 0 Å². The van der Waals surface area contributed by atoms with Gasteiger partial charge in [0.15, 0.2) is 9.84 Å². The fraction of sp³-hybridized carbons (Fsp3) is 0.632. The molecule has 0 bridgehead atoms. The molecule has 1 aliphatic rings. The number of piperidine rings is 1.